The molecule has 0 saturated carbocycles. The molecule has 0 atom stereocenters. The first-order valence-electron chi connectivity index (χ1n) is 10.2. The molecule has 0 aliphatic carbocycles. The van der Waals surface area contributed by atoms with Gasteiger partial charge in [0.25, 0.3) is 0 Å². The van der Waals surface area contributed by atoms with E-state index in [1.165, 1.54) is 7.11 Å². The summed E-state index contributed by atoms with van der Waals surface area (Å²) in [6, 6.07) is 8.24. The number of imidazole rings is 1. The summed E-state index contributed by atoms with van der Waals surface area (Å²) in [4.78, 5) is 35.0. The minimum atomic E-state index is -0.231. The van der Waals surface area contributed by atoms with Crippen LogP contribution in [0.5, 0.6) is 0 Å². The Morgan fingerprint density at radius 1 is 1.13 bits per heavy atom. The van der Waals surface area contributed by atoms with E-state index in [-0.39, 0.29) is 17.7 Å². The first-order chi connectivity index (χ1) is 14.5. The van der Waals surface area contributed by atoms with Gasteiger partial charge in [-0.1, -0.05) is 12.1 Å². The third-order valence-electron chi connectivity index (χ3n) is 5.87. The standard InChI is InChI=1S/C23H26N4O3/c1-26-15-24-13-21(26)17-3-4-18-12-25-20(10-19(18)9-17)11-22(28)16-5-7-27(8-6-16)14-23(29)30-2/h3-4,9-10,12-13,15-16H,5-8,11,14H2,1-2H3. The van der Waals surface area contributed by atoms with Crippen molar-refractivity contribution < 1.29 is 14.3 Å². The second-order valence-electron chi connectivity index (χ2n) is 7.90. The van der Waals surface area contributed by atoms with Gasteiger partial charge in [-0.3, -0.25) is 19.5 Å². The molecule has 7 heteroatoms. The molecule has 7 nitrogen and oxygen atoms in total. The number of rotatable bonds is 6. The molecular formula is C23H26N4O3. The predicted molar refractivity (Wildman–Crippen MR) is 114 cm³/mol. The Labute approximate surface area is 175 Å². The van der Waals surface area contributed by atoms with Crippen LogP contribution >= 0.6 is 0 Å². The Bertz CT molecular complexity index is 1070. The SMILES string of the molecule is COC(=O)CN1CCC(C(=O)Cc2cc3cc(-c4cncn4C)ccc3cn2)CC1. The van der Waals surface area contributed by atoms with Gasteiger partial charge in [-0.05, 0) is 43.5 Å². The number of ketones is 1. The number of carbonyl (C=O) groups excluding carboxylic acids is 2. The normalized spacial score (nSPS) is 15.4. The average molecular weight is 406 g/mol. The number of fused-ring (bicyclic) bond motifs is 1. The van der Waals surface area contributed by atoms with Gasteiger partial charge in [0.1, 0.15) is 5.78 Å². The Morgan fingerprint density at radius 3 is 2.63 bits per heavy atom. The minimum Gasteiger partial charge on any atom is -0.468 e. The van der Waals surface area contributed by atoms with E-state index in [4.69, 9.17) is 4.74 Å². The van der Waals surface area contributed by atoms with Crippen LogP contribution in [0.25, 0.3) is 22.0 Å². The van der Waals surface area contributed by atoms with Gasteiger partial charge in [-0.2, -0.15) is 0 Å². The van der Waals surface area contributed by atoms with Crippen LogP contribution in [-0.2, 0) is 27.8 Å². The minimum absolute atomic E-state index is 0.0252. The van der Waals surface area contributed by atoms with Gasteiger partial charge in [-0.15, -0.1) is 0 Å². The fourth-order valence-corrected chi connectivity index (χ4v) is 4.06. The summed E-state index contributed by atoms with van der Waals surface area (Å²) in [5.41, 5.74) is 2.93. The highest BCUT2D eigenvalue weighted by Gasteiger charge is 2.26. The maximum atomic E-state index is 12.8. The summed E-state index contributed by atoms with van der Waals surface area (Å²) in [5, 5.41) is 2.12. The Balaban J connectivity index is 1.43. The van der Waals surface area contributed by atoms with Crippen molar-refractivity contribution in [2.75, 3.05) is 26.7 Å². The molecule has 30 heavy (non-hydrogen) atoms. The van der Waals surface area contributed by atoms with Crippen LogP contribution in [0.4, 0.5) is 0 Å². The molecule has 0 bridgehead atoms. The lowest BCUT2D eigenvalue weighted by Crippen LogP contribution is -2.39. The van der Waals surface area contributed by atoms with Crippen molar-refractivity contribution in [1.29, 1.82) is 0 Å². The number of pyridine rings is 1. The van der Waals surface area contributed by atoms with E-state index in [1.54, 1.807) is 6.33 Å². The molecule has 0 N–H and O–H groups in total. The van der Waals surface area contributed by atoms with Crippen molar-refractivity contribution >= 4 is 22.5 Å². The average Bonchev–Trinajstić information content (AvgIpc) is 3.19. The zero-order chi connectivity index (χ0) is 21.1. The largest absolute Gasteiger partial charge is 0.468 e. The van der Waals surface area contributed by atoms with Crippen LogP contribution < -0.4 is 0 Å². The van der Waals surface area contributed by atoms with Crippen molar-refractivity contribution in [1.82, 2.24) is 19.4 Å². The number of methoxy groups -OCH3 is 1. The molecule has 1 aromatic carbocycles. The van der Waals surface area contributed by atoms with Crippen LogP contribution in [0.3, 0.4) is 0 Å². The topological polar surface area (TPSA) is 77.3 Å². The van der Waals surface area contributed by atoms with Crippen LogP contribution in [0, 0.1) is 5.92 Å². The number of esters is 1. The lowest BCUT2D eigenvalue weighted by molar-refractivity contribution is -0.142. The smallest absolute Gasteiger partial charge is 0.319 e. The van der Waals surface area contributed by atoms with Crippen molar-refractivity contribution in [2.45, 2.75) is 19.3 Å². The lowest BCUT2D eigenvalue weighted by Gasteiger charge is -2.30. The van der Waals surface area contributed by atoms with Gasteiger partial charge in [0.15, 0.2) is 0 Å². The first kappa shape index (κ1) is 20.2. The second kappa shape index (κ2) is 8.75. The van der Waals surface area contributed by atoms with Crippen molar-refractivity contribution in [3.63, 3.8) is 0 Å². The number of hydrogen-bond acceptors (Lipinski definition) is 6. The second-order valence-corrected chi connectivity index (χ2v) is 7.90. The molecule has 0 unspecified atom stereocenters. The van der Waals surface area contributed by atoms with Gasteiger partial charge < -0.3 is 9.30 Å². The van der Waals surface area contributed by atoms with Gasteiger partial charge in [-0.25, -0.2) is 4.98 Å². The molecule has 1 saturated heterocycles. The molecule has 2 aromatic heterocycles. The van der Waals surface area contributed by atoms with Crippen molar-refractivity contribution in [2.24, 2.45) is 13.0 Å². The Hall–Kier alpha value is -3.06. The highest BCUT2D eigenvalue weighted by molar-refractivity contribution is 5.88. The van der Waals surface area contributed by atoms with E-state index < -0.39 is 0 Å². The van der Waals surface area contributed by atoms with Crippen LogP contribution in [-0.4, -0.2) is 57.9 Å². The molecule has 3 aromatic rings. The molecule has 0 radical (unpaired) electrons. The highest BCUT2D eigenvalue weighted by atomic mass is 16.5. The van der Waals surface area contributed by atoms with E-state index >= 15 is 0 Å². The molecule has 1 aliphatic heterocycles. The number of ether oxygens (including phenoxy) is 1. The van der Waals surface area contributed by atoms with E-state index in [9.17, 15) is 9.59 Å². The van der Waals surface area contributed by atoms with Gasteiger partial charge >= 0.3 is 5.97 Å². The predicted octanol–water partition coefficient (Wildman–Crippen LogP) is 2.63. The highest BCUT2D eigenvalue weighted by Crippen LogP contribution is 2.25. The summed E-state index contributed by atoms with van der Waals surface area (Å²) in [6.07, 6.45) is 7.35. The van der Waals surface area contributed by atoms with Crippen molar-refractivity contribution in [3.05, 3.63) is 48.7 Å². The summed E-state index contributed by atoms with van der Waals surface area (Å²) in [5.74, 6) is 0.0187. The van der Waals surface area contributed by atoms with Gasteiger partial charge in [0.2, 0.25) is 0 Å². The number of nitrogens with zero attached hydrogens (tertiary/aromatic N) is 4. The number of hydrogen-bond donors (Lipinski definition) is 0. The fourth-order valence-electron chi connectivity index (χ4n) is 4.06. The summed E-state index contributed by atoms with van der Waals surface area (Å²) >= 11 is 0. The van der Waals surface area contributed by atoms with Crippen LogP contribution in [0.15, 0.2) is 43.0 Å². The summed E-state index contributed by atoms with van der Waals surface area (Å²) in [7, 11) is 3.37. The van der Waals surface area contributed by atoms with E-state index in [1.807, 2.05) is 41.0 Å². The lowest BCUT2D eigenvalue weighted by atomic mass is 9.90. The number of piperidine rings is 1. The molecular weight excluding hydrogens is 380 g/mol. The first-order valence-corrected chi connectivity index (χ1v) is 10.2. The van der Waals surface area contributed by atoms with E-state index in [0.717, 1.165) is 53.7 Å². The van der Waals surface area contributed by atoms with Crippen LogP contribution in [0.2, 0.25) is 0 Å². The van der Waals surface area contributed by atoms with Gasteiger partial charge in [0, 0.05) is 42.2 Å². The fraction of sp³-hybridized carbons (Fsp3) is 0.391. The maximum absolute atomic E-state index is 12.8. The zero-order valence-electron chi connectivity index (χ0n) is 17.4. The van der Waals surface area contributed by atoms with E-state index in [2.05, 4.69) is 22.1 Å². The molecule has 0 spiro atoms. The number of Topliss-reactive ketones (excluding diaryl/α,β-unsaturated/α-hetero) is 1. The Morgan fingerprint density at radius 2 is 1.93 bits per heavy atom. The van der Waals surface area contributed by atoms with Crippen LogP contribution in [0.1, 0.15) is 18.5 Å². The maximum Gasteiger partial charge on any atom is 0.319 e. The number of benzene rings is 1. The Kier molecular flexibility index (Phi) is 5.90. The molecule has 3 heterocycles. The number of aryl methyl sites for hydroxylation is 1. The molecule has 156 valence electrons. The quantitative estimate of drug-likeness (QED) is 0.586. The van der Waals surface area contributed by atoms with E-state index in [0.29, 0.717) is 13.0 Å². The third kappa shape index (κ3) is 4.41. The number of carbonyl (C=O) groups is 2. The van der Waals surface area contributed by atoms with Crippen molar-refractivity contribution in [3.8, 4) is 11.3 Å². The zero-order valence-corrected chi connectivity index (χ0v) is 17.4. The molecule has 1 fully saturated rings. The monoisotopic (exact) mass is 406 g/mol. The number of likely N-dealkylation sites (tertiary alicyclic amines) is 1. The molecule has 1 aliphatic rings. The molecule has 0 amide bonds. The van der Waals surface area contributed by atoms with Gasteiger partial charge in [0.05, 0.1) is 31.9 Å². The summed E-state index contributed by atoms with van der Waals surface area (Å²) in [6.45, 7) is 1.78. The third-order valence-corrected chi connectivity index (χ3v) is 5.87. The number of aromatic nitrogens is 3. The molecule has 4 rings (SSSR count). The summed E-state index contributed by atoms with van der Waals surface area (Å²) < 4.78 is 6.70.